The maximum atomic E-state index is 14.3. The lowest BCUT2D eigenvalue weighted by atomic mass is 9.94. The Morgan fingerprint density at radius 3 is 2.35 bits per heavy atom. The van der Waals surface area contributed by atoms with Gasteiger partial charge in [-0.15, -0.1) is 0 Å². The van der Waals surface area contributed by atoms with Gasteiger partial charge >= 0.3 is 18.1 Å². The molecule has 0 saturated heterocycles. The molecule has 0 spiro atoms. The van der Waals surface area contributed by atoms with Crippen molar-refractivity contribution in [3.63, 3.8) is 0 Å². The minimum atomic E-state index is -4.90. The van der Waals surface area contributed by atoms with Gasteiger partial charge in [0.05, 0.1) is 11.1 Å². The van der Waals surface area contributed by atoms with E-state index in [-0.39, 0.29) is 28.3 Å². The molecular weight excluding hydrogens is 422 g/mol. The van der Waals surface area contributed by atoms with Gasteiger partial charge in [0.15, 0.2) is 5.69 Å². The van der Waals surface area contributed by atoms with Crippen molar-refractivity contribution >= 4 is 17.8 Å². The molecule has 2 N–H and O–H groups in total. The number of ether oxygens (including phenoxy) is 1. The number of carbonyl (C=O) groups is 2. The van der Waals surface area contributed by atoms with Crippen LogP contribution in [0.5, 0.6) is 0 Å². The maximum absolute atomic E-state index is 14.3. The molecule has 2 heterocycles. The van der Waals surface area contributed by atoms with Gasteiger partial charge in [0.1, 0.15) is 23.3 Å². The second-order valence-corrected chi connectivity index (χ2v) is 7.97. The Hall–Kier alpha value is -3.37. The molecule has 1 atom stereocenters. The van der Waals surface area contributed by atoms with E-state index < -0.39 is 41.1 Å². The van der Waals surface area contributed by atoms with Crippen molar-refractivity contribution in [2.24, 2.45) is 0 Å². The average molecular weight is 441 g/mol. The first-order valence-electron chi connectivity index (χ1n) is 9.09. The molecule has 7 nitrogen and oxygen atoms in total. The molecule has 0 bridgehead atoms. The quantitative estimate of drug-likeness (QED) is 0.543. The minimum Gasteiger partial charge on any atom is -0.476 e. The fourth-order valence-corrected chi connectivity index (χ4v) is 3.21. The van der Waals surface area contributed by atoms with Crippen molar-refractivity contribution in [2.45, 2.75) is 45.5 Å². The summed E-state index contributed by atoms with van der Waals surface area (Å²) < 4.78 is 59.8. The molecule has 0 fully saturated rings. The van der Waals surface area contributed by atoms with Crippen LogP contribution in [0.15, 0.2) is 35.5 Å². The number of esters is 1. The number of aromatic nitrogens is 2. The van der Waals surface area contributed by atoms with E-state index in [0.29, 0.717) is 12.1 Å². The molecule has 3 rings (SSSR count). The fourth-order valence-electron chi connectivity index (χ4n) is 3.21. The molecule has 166 valence electrons. The molecular formula is C20H19F4N3O4. The van der Waals surface area contributed by atoms with Gasteiger partial charge in [0.25, 0.3) is 0 Å². The second kappa shape index (κ2) is 7.40. The Balaban J connectivity index is 2.20. The van der Waals surface area contributed by atoms with Crippen molar-refractivity contribution in [3.8, 4) is 0 Å². The highest BCUT2D eigenvalue weighted by Crippen LogP contribution is 2.39. The summed E-state index contributed by atoms with van der Waals surface area (Å²) in [6.45, 7) is 6.41. The zero-order valence-electron chi connectivity index (χ0n) is 17.0. The number of fused-ring (bicyclic) bond motifs is 1. The van der Waals surface area contributed by atoms with Gasteiger partial charge < -0.3 is 15.2 Å². The summed E-state index contributed by atoms with van der Waals surface area (Å²) in [6, 6.07) is 2.23. The molecule has 11 heteroatoms. The lowest BCUT2D eigenvalue weighted by Gasteiger charge is -2.31. The lowest BCUT2D eigenvalue weighted by molar-refractivity contribution is -0.150. The van der Waals surface area contributed by atoms with E-state index >= 15 is 0 Å². The zero-order chi connectivity index (χ0) is 23.3. The summed E-state index contributed by atoms with van der Waals surface area (Å²) in [4.78, 5) is 24.3. The Morgan fingerprint density at radius 1 is 1.19 bits per heavy atom. The fraction of sp³-hybridized carbons (Fsp3) is 0.350. The Labute approximate surface area is 174 Å². The monoisotopic (exact) mass is 441 g/mol. The van der Waals surface area contributed by atoms with Gasteiger partial charge in [-0.25, -0.2) is 18.7 Å². The van der Waals surface area contributed by atoms with Gasteiger partial charge in [-0.05, 0) is 45.4 Å². The predicted octanol–water partition coefficient (Wildman–Crippen LogP) is 4.37. The number of allylic oxidation sites excluding steroid dienone is 1. The van der Waals surface area contributed by atoms with Crippen LogP contribution < -0.4 is 5.32 Å². The van der Waals surface area contributed by atoms with Crippen LogP contribution in [0.1, 0.15) is 55.4 Å². The van der Waals surface area contributed by atoms with Gasteiger partial charge in [-0.2, -0.15) is 18.3 Å². The van der Waals surface area contributed by atoms with Crippen molar-refractivity contribution in [1.29, 1.82) is 0 Å². The van der Waals surface area contributed by atoms with Crippen LogP contribution >= 0.6 is 0 Å². The van der Waals surface area contributed by atoms with Gasteiger partial charge in [0.2, 0.25) is 0 Å². The van der Waals surface area contributed by atoms with Crippen LogP contribution in [0.3, 0.4) is 0 Å². The molecule has 0 saturated carbocycles. The number of nitrogens with one attached hydrogen (secondary N) is 1. The number of carboxylic acids is 1. The van der Waals surface area contributed by atoms with E-state index in [9.17, 15) is 32.3 Å². The Kier molecular flexibility index (Phi) is 5.33. The van der Waals surface area contributed by atoms with Crippen LogP contribution in [0.4, 0.5) is 23.4 Å². The van der Waals surface area contributed by atoms with Gasteiger partial charge in [0, 0.05) is 11.8 Å². The van der Waals surface area contributed by atoms with E-state index in [2.05, 4.69) is 10.4 Å². The van der Waals surface area contributed by atoms with Crippen LogP contribution in [0.25, 0.3) is 0 Å². The van der Waals surface area contributed by atoms with E-state index in [1.54, 1.807) is 20.8 Å². The van der Waals surface area contributed by atoms with Crippen LogP contribution in [-0.4, -0.2) is 32.4 Å². The van der Waals surface area contributed by atoms with Crippen LogP contribution in [0, 0.1) is 5.82 Å². The number of rotatable bonds is 3. The third-order valence-electron chi connectivity index (χ3n) is 4.43. The largest absolute Gasteiger partial charge is 0.476 e. The number of alkyl halides is 3. The van der Waals surface area contributed by atoms with Crippen molar-refractivity contribution < 1.29 is 37.0 Å². The van der Waals surface area contributed by atoms with E-state index in [0.717, 1.165) is 10.7 Å². The number of hydrogen-bond donors (Lipinski definition) is 2. The number of halogens is 4. The second-order valence-electron chi connectivity index (χ2n) is 7.97. The third kappa shape index (κ3) is 4.39. The number of hydrogen-bond acceptors (Lipinski definition) is 5. The topological polar surface area (TPSA) is 93.5 Å². The summed E-state index contributed by atoms with van der Waals surface area (Å²) in [6.07, 6.45) is -4.90. The molecule has 31 heavy (non-hydrogen) atoms. The van der Waals surface area contributed by atoms with Gasteiger partial charge in [-0.3, -0.25) is 0 Å². The summed E-state index contributed by atoms with van der Waals surface area (Å²) in [7, 11) is 0. The summed E-state index contributed by atoms with van der Waals surface area (Å²) in [5.74, 6) is -3.51. The van der Waals surface area contributed by atoms with Crippen LogP contribution in [-0.2, 0) is 15.7 Å². The Bertz CT molecular complexity index is 1100. The predicted molar refractivity (Wildman–Crippen MR) is 101 cm³/mol. The smallest absolute Gasteiger partial charge is 0.419 e. The number of anilines is 1. The molecule has 0 radical (unpaired) electrons. The standard InChI is InChI=1S/C20H19F4N3O4/c1-9-15(18(30)31-19(2,3)4)16(27-14(25-9)8-13(26-27)17(28)29)10-5-6-11(12(21)7-10)20(22,23)24/h5-8,16,25H,1-4H3,(H,28,29). The lowest BCUT2D eigenvalue weighted by Crippen LogP contribution is -2.33. The Morgan fingerprint density at radius 2 is 1.84 bits per heavy atom. The van der Waals surface area contributed by atoms with E-state index in [4.69, 9.17) is 4.74 Å². The maximum Gasteiger partial charge on any atom is 0.419 e. The SMILES string of the molecule is CC1=C(C(=O)OC(C)(C)C)C(c2ccc(C(F)(F)F)c(F)c2)n2nc(C(=O)O)cc2N1. The molecule has 1 aliphatic rings. The highest BCUT2D eigenvalue weighted by molar-refractivity contribution is 5.93. The number of carboxylic acid groups (broad SMARTS) is 1. The normalized spacial score (nSPS) is 16.6. The van der Waals surface area contributed by atoms with E-state index in [1.165, 1.54) is 13.0 Å². The van der Waals surface area contributed by atoms with E-state index in [1.807, 2.05) is 0 Å². The summed E-state index contributed by atoms with van der Waals surface area (Å²) in [5.41, 5.74) is -2.52. The first-order valence-corrected chi connectivity index (χ1v) is 9.09. The zero-order valence-corrected chi connectivity index (χ0v) is 17.0. The van der Waals surface area contributed by atoms with Crippen molar-refractivity contribution in [2.75, 3.05) is 5.32 Å². The third-order valence-corrected chi connectivity index (χ3v) is 4.43. The number of carbonyl (C=O) groups excluding carboxylic acids is 1. The average Bonchev–Trinajstić information content (AvgIpc) is 3.01. The highest BCUT2D eigenvalue weighted by atomic mass is 19.4. The summed E-state index contributed by atoms with van der Waals surface area (Å²) >= 11 is 0. The molecule has 1 aliphatic heterocycles. The molecule has 0 amide bonds. The molecule has 2 aromatic rings. The molecule has 0 aliphatic carbocycles. The van der Waals surface area contributed by atoms with Crippen molar-refractivity contribution in [3.05, 3.63) is 58.2 Å². The molecule has 1 unspecified atom stereocenters. The van der Waals surface area contributed by atoms with Crippen molar-refractivity contribution in [1.82, 2.24) is 9.78 Å². The molecule has 1 aromatic heterocycles. The number of benzene rings is 1. The molecule has 1 aromatic carbocycles. The summed E-state index contributed by atoms with van der Waals surface area (Å²) in [5, 5.41) is 16.0. The minimum absolute atomic E-state index is 0.0338. The first-order chi connectivity index (χ1) is 14.2. The highest BCUT2D eigenvalue weighted by Gasteiger charge is 2.39. The van der Waals surface area contributed by atoms with Gasteiger partial charge in [-0.1, -0.05) is 6.07 Å². The first kappa shape index (κ1) is 22.3. The van der Waals surface area contributed by atoms with Crippen LogP contribution in [0.2, 0.25) is 0 Å². The number of aromatic carboxylic acids is 1. The number of nitrogens with zero attached hydrogens (tertiary/aromatic N) is 2.